The Hall–Kier alpha value is -2.07. The van der Waals surface area contributed by atoms with Crippen molar-refractivity contribution in [2.75, 3.05) is 0 Å². The molecule has 0 amide bonds. The first-order valence-electron chi connectivity index (χ1n) is 6.88. The van der Waals surface area contributed by atoms with Crippen molar-refractivity contribution in [1.82, 2.24) is 14.8 Å². The maximum Gasteiger partial charge on any atom is 0.195 e. The minimum Gasteiger partial charge on any atom is -0.277 e. The van der Waals surface area contributed by atoms with Crippen LogP contribution in [0, 0.1) is 13.8 Å². The van der Waals surface area contributed by atoms with E-state index in [1.807, 2.05) is 22.8 Å². The number of thioether (sulfide) groups is 1. The van der Waals surface area contributed by atoms with Crippen LogP contribution in [-0.4, -0.2) is 14.8 Å². The van der Waals surface area contributed by atoms with Crippen molar-refractivity contribution in [2.24, 2.45) is 0 Å². The van der Waals surface area contributed by atoms with Crippen molar-refractivity contribution in [1.29, 1.82) is 0 Å². The third kappa shape index (κ3) is 3.16. The molecule has 0 unspecified atom stereocenters. The summed E-state index contributed by atoms with van der Waals surface area (Å²) >= 11 is 1.71. The van der Waals surface area contributed by atoms with Crippen molar-refractivity contribution in [2.45, 2.75) is 24.8 Å². The summed E-state index contributed by atoms with van der Waals surface area (Å²) in [5, 5.41) is 9.20. The number of aromatic nitrogens is 3. The maximum absolute atomic E-state index is 4.24. The van der Waals surface area contributed by atoms with E-state index in [0.29, 0.717) is 0 Å². The fourth-order valence-corrected chi connectivity index (χ4v) is 3.18. The quantitative estimate of drug-likeness (QED) is 0.677. The molecule has 2 aromatic carbocycles. The van der Waals surface area contributed by atoms with Crippen LogP contribution in [0.15, 0.2) is 60.0 Å². The van der Waals surface area contributed by atoms with Gasteiger partial charge in [-0.15, -0.1) is 10.2 Å². The first-order valence-corrected chi connectivity index (χ1v) is 7.87. The van der Waals surface area contributed by atoms with Crippen LogP contribution in [0.1, 0.15) is 16.7 Å². The molecule has 0 saturated carbocycles. The molecule has 0 aliphatic rings. The minimum atomic E-state index is 0.902. The highest BCUT2D eigenvalue weighted by molar-refractivity contribution is 7.98. The highest BCUT2D eigenvalue weighted by Crippen LogP contribution is 2.25. The van der Waals surface area contributed by atoms with E-state index in [9.17, 15) is 0 Å². The predicted molar refractivity (Wildman–Crippen MR) is 86.8 cm³/mol. The van der Waals surface area contributed by atoms with Crippen molar-refractivity contribution in [3.8, 4) is 5.69 Å². The molecule has 4 heteroatoms. The largest absolute Gasteiger partial charge is 0.277 e. The average molecular weight is 295 g/mol. The van der Waals surface area contributed by atoms with Gasteiger partial charge < -0.3 is 0 Å². The van der Waals surface area contributed by atoms with E-state index in [-0.39, 0.29) is 0 Å². The minimum absolute atomic E-state index is 0.902. The van der Waals surface area contributed by atoms with Gasteiger partial charge in [0.1, 0.15) is 6.33 Å². The lowest BCUT2D eigenvalue weighted by Crippen LogP contribution is -1.95. The summed E-state index contributed by atoms with van der Waals surface area (Å²) in [5.41, 5.74) is 5.05. The molecule has 1 aromatic heterocycles. The Morgan fingerprint density at radius 3 is 2.67 bits per heavy atom. The van der Waals surface area contributed by atoms with E-state index < -0.39 is 0 Å². The molecule has 0 N–H and O–H groups in total. The summed E-state index contributed by atoms with van der Waals surface area (Å²) in [6.07, 6.45) is 1.76. The number of hydrogen-bond acceptors (Lipinski definition) is 3. The van der Waals surface area contributed by atoms with E-state index in [0.717, 1.165) is 16.6 Å². The number of benzene rings is 2. The third-order valence-electron chi connectivity index (χ3n) is 3.41. The molecule has 0 spiro atoms. The third-order valence-corrected chi connectivity index (χ3v) is 4.40. The van der Waals surface area contributed by atoms with Crippen LogP contribution in [0.5, 0.6) is 0 Å². The van der Waals surface area contributed by atoms with E-state index in [1.165, 1.54) is 16.7 Å². The van der Waals surface area contributed by atoms with Crippen molar-refractivity contribution < 1.29 is 0 Å². The van der Waals surface area contributed by atoms with E-state index in [2.05, 4.69) is 54.4 Å². The highest BCUT2D eigenvalue weighted by Gasteiger charge is 2.08. The molecule has 0 aliphatic heterocycles. The molecule has 0 radical (unpaired) electrons. The van der Waals surface area contributed by atoms with Gasteiger partial charge in [-0.1, -0.05) is 53.7 Å². The SMILES string of the molecule is Cc1ccc(C)c(CSc2nncn2-c2ccccc2)c1. The molecule has 106 valence electrons. The molecule has 21 heavy (non-hydrogen) atoms. The molecule has 3 aromatic rings. The molecule has 3 rings (SSSR count). The van der Waals surface area contributed by atoms with Gasteiger partial charge in [0, 0.05) is 11.4 Å². The predicted octanol–water partition coefficient (Wildman–Crippen LogP) is 4.18. The summed E-state index contributed by atoms with van der Waals surface area (Å²) < 4.78 is 2.02. The van der Waals surface area contributed by atoms with Gasteiger partial charge in [-0.25, -0.2) is 0 Å². The van der Waals surface area contributed by atoms with Gasteiger partial charge in [0.15, 0.2) is 5.16 Å². The number of nitrogens with zero attached hydrogens (tertiary/aromatic N) is 3. The Morgan fingerprint density at radius 1 is 1.05 bits per heavy atom. The van der Waals surface area contributed by atoms with E-state index in [1.54, 1.807) is 18.1 Å². The smallest absolute Gasteiger partial charge is 0.195 e. The van der Waals surface area contributed by atoms with Gasteiger partial charge in [-0.2, -0.15) is 0 Å². The molecule has 0 saturated heterocycles. The van der Waals surface area contributed by atoms with Crippen LogP contribution in [0.2, 0.25) is 0 Å². The van der Waals surface area contributed by atoms with Gasteiger partial charge in [0.05, 0.1) is 0 Å². The van der Waals surface area contributed by atoms with Gasteiger partial charge in [-0.3, -0.25) is 4.57 Å². The lowest BCUT2D eigenvalue weighted by atomic mass is 10.1. The monoisotopic (exact) mass is 295 g/mol. The van der Waals surface area contributed by atoms with Crippen LogP contribution >= 0.6 is 11.8 Å². The second-order valence-electron chi connectivity index (χ2n) is 5.04. The Morgan fingerprint density at radius 2 is 1.86 bits per heavy atom. The number of rotatable bonds is 4. The second kappa shape index (κ2) is 6.14. The maximum atomic E-state index is 4.24. The molecule has 0 aliphatic carbocycles. The van der Waals surface area contributed by atoms with Crippen LogP contribution in [0.3, 0.4) is 0 Å². The second-order valence-corrected chi connectivity index (χ2v) is 5.98. The van der Waals surface area contributed by atoms with E-state index >= 15 is 0 Å². The van der Waals surface area contributed by atoms with Gasteiger partial charge in [0.2, 0.25) is 0 Å². The van der Waals surface area contributed by atoms with E-state index in [4.69, 9.17) is 0 Å². The Balaban J connectivity index is 1.81. The van der Waals surface area contributed by atoms with Gasteiger partial charge >= 0.3 is 0 Å². The van der Waals surface area contributed by atoms with Crippen molar-refractivity contribution in [3.05, 3.63) is 71.5 Å². The normalized spacial score (nSPS) is 10.8. The molecular formula is C17H17N3S. The zero-order valence-electron chi connectivity index (χ0n) is 12.2. The highest BCUT2D eigenvalue weighted by atomic mass is 32.2. The Kier molecular flexibility index (Phi) is 4.06. The number of para-hydroxylation sites is 1. The molecule has 0 bridgehead atoms. The standard InChI is InChI=1S/C17H17N3S/c1-13-8-9-14(2)15(10-13)11-21-17-19-18-12-20(17)16-6-4-3-5-7-16/h3-10,12H,11H2,1-2H3. The topological polar surface area (TPSA) is 30.7 Å². The van der Waals surface area contributed by atoms with Crippen molar-refractivity contribution in [3.63, 3.8) is 0 Å². The van der Waals surface area contributed by atoms with Crippen LogP contribution in [0.4, 0.5) is 0 Å². The first kappa shape index (κ1) is 13.9. The summed E-state index contributed by atoms with van der Waals surface area (Å²) in [6, 6.07) is 16.7. The van der Waals surface area contributed by atoms with Crippen LogP contribution < -0.4 is 0 Å². The lowest BCUT2D eigenvalue weighted by molar-refractivity contribution is 0.883. The molecule has 3 nitrogen and oxygen atoms in total. The van der Waals surface area contributed by atoms with Gasteiger partial charge in [0.25, 0.3) is 0 Å². The summed E-state index contributed by atoms with van der Waals surface area (Å²) in [7, 11) is 0. The fraction of sp³-hybridized carbons (Fsp3) is 0.176. The first-order chi connectivity index (χ1) is 10.2. The summed E-state index contributed by atoms with van der Waals surface area (Å²) in [5.74, 6) is 0.902. The van der Waals surface area contributed by atoms with Crippen molar-refractivity contribution >= 4 is 11.8 Å². The average Bonchev–Trinajstić information content (AvgIpc) is 2.97. The fourth-order valence-electron chi connectivity index (χ4n) is 2.19. The Bertz CT molecular complexity index is 735. The molecule has 1 heterocycles. The zero-order chi connectivity index (χ0) is 14.7. The zero-order valence-corrected chi connectivity index (χ0v) is 13.0. The summed E-state index contributed by atoms with van der Waals surface area (Å²) in [6.45, 7) is 4.28. The summed E-state index contributed by atoms with van der Waals surface area (Å²) in [4.78, 5) is 0. The van der Waals surface area contributed by atoms with Gasteiger partial charge in [-0.05, 0) is 37.1 Å². The van der Waals surface area contributed by atoms with Crippen LogP contribution in [-0.2, 0) is 5.75 Å². The lowest BCUT2D eigenvalue weighted by Gasteiger charge is -2.08. The molecule has 0 fully saturated rings. The molecule has 0 atom stereocenters. The number of aryl methyl sites for hydroxylation is 2. The molecular weight excluding hydrogens is 278 g/mol. The Labute approximate surface area is 129 Å². The number of hydrogen-bond donors (Lipinski definition) is 0. The van der Waals surface area contributed by atoms with Crippen LogP contribution in [0.25, 0.3) is 5.69 Å².